The van der Waals surface area contributed by atoms with E-state index < -0.39 is 0 Å². The smallest absolute Gasteiger partial charge is 0.226 e. The summed E-state index contributed by atoms with van der Waals surface area (Å²) < 4.78 is 5.19. The third-order valence-electron chi connectivity index (χ3n) is 4.71. The quantitative estimate of drug-likeness (QED) is 0.865. The van der Waals surface area contributed by atoms with Gasteiger partial charge in [0.15, 0.2) is 0 Å². The average molecular weight is 376 g/mol. The predicted molar refractivity (Wildman–Crippen MR) is 97.7 cm³/mol. The van der Waals surface area contributed by atoms with Crippen LogP contribution in [0.3, 0.4) is 0 Å². The lowest BCUT2D eigenvalue weighted by Crippen LogP contribution is -2.36. The van der Waals surface area contributed by atoms with Gasteiger partial charge in [0.25, 0.3) is 0 Å². The number of carbonyl (C=O) groups is 2. The molecule has 1 atom stereocenters. The van der Waals surface area contributed by atoms with E-state index in [0.717, 1.165) is 34.1 Å². The molecule has 26 heavy (non-hydrogen) atoms. The number of nitrogens with one attached hydrogen (secondary N) is 1. The van der Waals surface area contributed by atoms with Gasteiger partial charge in [-0.25, -0.2) is 4.98 Å². The van der Waals surface area contributed by atoms with Gasteiger partial charge in [-0.3, -0.25) is 9.59 Å². The van der Waals surface area contributed by atoms with E-state index in [9.17, 15) is 9.59 Å². The molecule has 8 heteroatoms. The third kappa shape index (κ3) is 4.49. The number of hydrogen-bond acceptors (Lipinski definition) is 6. The van der Waals surface area contributed by atoms with Crippen LogP contribution in [-0.4, -0.2) is 39.4 Å². The van der Waals surface area contributed by atoms with Crippen molar-refractivity contribution in [1.29, 1.82) is 0 Å². The Morgan fingerprint density at radius 1 is 1.38 bits per heavy atom. The largest absolute Gasteiger partial charge is 0.361 e. The highest BCUT2D eigenvalue weighted by molar-refractivity contribution is 7.09. The van der Waals surface area contributed by atoms with Gasteiger partial charge in [0, 0.05) is 30.0 Å². The summed E-state index contributed by atoms with van der Waals surface area (Å²) in [6.07, 6.45) is 2.14. The molecule has 2 aromatic rings. The SMILES string of the molecule is Cc1nc(CC(=O)NC2CCC(=O)N(Cc3c(C)noc3C)CC2)cs1. The molecule has 7 nitrogen and oxygen atoms in total. The number of aryl methyl sites for hydroxylation is 3. The summed E-state index contributed by atoms with van der Waals surface area (Å²) in [7, 11) is 0. The summed E-state index contributed by atoms with van der Waals surface area (Å²) in [6, 6.07) is 0.0147. The summed E-state index contributed by atoms with van der Waals surface area (Å²) in [4.78, 5) is 30.8. The Morgan fingerprint density at radius 3 is 2.85 bits per heavy atom. The number of nitrogens with zero attached hydrogens (tertiary/aromatic N) is 3. The van der Waals surface area contributed by atoms with E-state index in [1.165, 1.54) is 0 Å². The highest BCUT2D eigenvalue weighted by Gasteiger charge is 2.25. The fourth-order valence-corrected chi connectivity index (χ4v) is 3.81. The second kappa shape index (κ2) is 7.99. The number of aromatic nitrogens is 2. The van der Waals surface area contributed by atoms with E-state index in [1.807, 2.05) is 31.1 Å². The van der Waals surface area contributed by atoms with Crippen molar-refractivity contribution in [3.63, 3.8) is 0 Å². The molecular weight excluding hydrogens is 352 g/mol. The van der Waals surface area contributed by atoms with E-state index >= 15 is 0 Å². The van der Waals surface area contributed by atoms with Gasteiger partial charge in [0.05, 0.1) is 29.4 Å². The van der Waals surface area contributed by atoms with Crippen molar-refractivity contribution in [3.8, 4) is 0 Å². The first-order chi connectivity index (χ1) is 12.4. The van der Waals surface area contributed by atoms with Crippen LogP contribution in [0.1, 0.15) is 47.0 Å². The zero-order valence-corrected chi connectivity index (χ0v) is 16.2. The van der Waals surface area contributed by atoms with Crippen LogP contribution in [0, 0.1) is 20.8 Å². The molecule has 1 aliphatic rings. The lowest BCUT2D eigenvalue weighted by molar-refractivity contribution is -0.131. The van der Waals surface area contributed by atoms with Crippen LogP contribution < -0.4 is 5.32 Å². The van der Waals surface area contributed by atoms with Gasteiger partial charge in [-0.2, -0.15) is 0 Å². The molecule has 0 bridgehead atoms. The molecule has 0 aliphatic carbocycles. The standard InChI is InChI=1S/C18H24N4O3S/c1-11-16(12(2)25-21-11)9-22-7-6-14(4-5-18(22)24)20-17(23)8-15-10-26-13(3)19-15/h10,14H,4-9H2,1-3H3,(H,20,23). The summed E-state index contributed by atoms with van der Waals surface area (Å²) in [5, 5.41) is 9.88. The zero-order chi connectivity index (χ0) is 18.7. The maximum Gasteiger partial charge on any atom is 0.226 e. The number of rotatable bonds is 5. The van der Waals surface area contributed by atoms with Crippen LogP contribution in [0.5, 0.6) is 0 Å². The number of hydrogen-bond donors (Lipinski definition) is 1. The fourth-order valence-electron chi connectivity index (χ4n) is 3.20. The number of thiazole rings is 1. The van der Waals surface area contributed by atoms with Crippen molar-refractivity contribution < 1.29 is 14.1 Å². The molecule has 0 aromatic carbocycles. The van der Waals surface area contributed by atoms with Crippen LogP contribution in [0.2, 0.25) is 0 Å². The lowest BCUT2D eigenvalue weighted by Gasteiger charge is -2.21. The molecule has 0 saturated carbocycles. The monoisotopic (exact) mass is 376 g/mol. The van der Waals surface area contributed by atoms with E-state index in [2.05, 4.69) is 15.5 Å². The van der Waals surface area contributed by atoms with Gasteiger partial charge in [-0.1, -0.05) is 5.16 Å². The molecule has 0 spiro atoms. The minimum atomic E-state index is -0.0353. The van der Waals surface area contributed by atoms with Gasteiger partial charge in [0.1, 0.15) is 5.76 Å². The predicted octanol–water partition coefficient (Wildman–Crippen LogP) is 2.30. The Kier molecular flexibility index (Phi) is 5.70. The summed E-state index contributed by atoms with van der Waals surface area (Å²) in [5.74, 6) is 0.826. The van der Waals surface area contributed by atoms with Gasteiger partial charge < -0.3 is 14.7 Å². The van der Waals surface area contributed by atoms with Crippen molar-refractivity contribution in [2.24, 2.45) is 0 Å². The molecule has 1 saturated heterocycles. The Bertz CT molecular complexity index is 779. The van der Waals surface area contributed by atoms with Crippen LogP contribution in [0.15, 0.2) is 9.90 Å². The molecule has 1 N–H and O–H groups in total. The van der Waals surface area contributed by atoms with Gasteiger partial charge in [0.2, 0.25) is 11.8 Å². The molecule has 1 fully saturated rings. The Hall–Kier alpha value is -2.22. The Labute approximate surface area is 156 Å². The average Bonchev–Trinajstić information content (AvgIpc) is 3.08. The lowest BCUT2D eigenvalue weighted by atomic mass is 10.1. The second-order valence-corrected chi connectivity index (χ2v) is 7.81. The van der Waals surface area contributed by atoms with Gasteiger partial charge in [-0.15, -0.1) is 11.3 Å². The number of amides is 2. The van der Waals surface area contributed by atoms with Crippen molar-refractivity contribution in [1.82, 2.24) is 20.4 Å². The minimum absolute atomic E-state index is 0.0147. The van der Waals surface area contributed by atoms with Gasteiger partial charge in [-0.05, 0) is 33.6 Å². The Morgan fingerprint density at radius 2 is 2.19 bits per heavy atom. The number of carbonyl (C=O) groups excluding carboxylic acids is 2. The summed E-state index contributed by atoms with van der Waals surface area (Å²) in [6.45, 7) is 6.80. The maximum absolute atomic E-state index is 12.4. The van der Waals surface area contributed by atoms with E-state index in [1.54, 1.807) is 11.3 Å². The molecule has 0 radical (unpaired) electrons. The molecule has 3 heterocycles. The minimum Gasteiger partial charge on any atom is -0.361 e. The maximum atomic E-state index is 12.4. The van der Waals surface area contributed by atoms with E-state index in [0.29, 0.717) is 25.9 Å². The van der Waals surface area contributed by atoms with Crippen molar-refractivity contribution >= 4 is 23.2 Å². The van der Waals surface area contributed by atoms with Crippen molar-refractivity contribution in [2.75, 3.05) is 6.54 Å². The fraction of sp³-hybridized carbons (Fsp3) is 0.556. The molecule has 1 unspecified atom stereocenters. The first-order valence-electron chi connectivity index (χ1n) is 8.82. The molecule has 3 rings (SSSR count). The molecule has 2 aromatic heterocycles. The third-order valence-corrected chi connectivity index (χ3v) is 5.53. The molecule has 140 valence electrons. The highest BCUT2D eigenvalue weighted by atomic mass is 32.1. The molecule has 2 amide bonds. The van der Waals surface area contributed by atoms with Crippen molar-refractivity contribution in [2.45, 2.75) is 59.0 Å². The molecular formula is C18H24N4O3S. The highest BCUT2D eigenvalue weighted by Crippen LogP contribution is 2.19. The first kappa shape index (κ1) is 18.6. The van der Waals surface area contributed by atoms with Crippen LogP contribution >= 0.6 is 11.3 Å². The topological polar surface area (TPSA) is 88.3 Å². The summed E-state index contributed by atoms with van der Waals surface area (Å²) in [5.41, 5.74) is 2.59. The number of likely N-dealkylation sites (tertiary alicyclic amines) is 1. The van der Waals surface area contributed by atoms with Crippen LogP contribution in [-0.2, 0) is 22.6 Å². The summed E-state index contributed by atoms with van der Waals surface area (Å²) >= 11 is 1.55. The van der Waals surface area contributed by atoms with Crippen molar-refractivity contribution in [3.05, 3.63) is 33.1 Å². The second-order valence-electron chi connectivity index (χ2n) is 6.74. The molecule has 1 aliphatic heterocycles. The van der Waals surface area contributed by atoms with E-state index in [-0.39, 0.29) is 24.3 Å². The first-order valence-corrected chi connectivity index (χ1v) is 9.70. The van der Waals surface area contributed by atoms with Crippen LogP contribution in [0.25, 0.3) is 0 Å². The van der Waals surface area contributed by atoms with Gasteiger partial charge >= 0.3 is 0 Å². The Balaban J connectivity index is 1.55. The normalized spacial score (nSPS) is 18.0. The van der Waals surface area contributed by atoms with E-state index in [4.69, 9.17) is 4.52 Å². The van der Waals surface area contributed by atoms with Crippen LogP contribution in [0.4, 0.5) is 0 Å². The zero-order valence-electron chi connectivity index (χ0n) is 15.4.